The Kier molecular flexibility index (Phi) is 6.13. The molecule has 0 N–H and O–H groups in total. The number of methoxy groups -OCH3 is 1. The molecule has 150 valence electrons. The van der Waals surface area contributed by atoms with Crippen LogP contribution >= 0.6 is 0 Å². The molecule has 3 aromatic carbocycles. The van der Waals surface area contributed by atoms with Gasteiger partial charge in [0.2, 0.25) is 0 Å². The third-order valence-corrected chi connectivity index (χ3v) is 6.86. The first-order valence-corrected chi connectivity index (χ1v) is 10.6. The molecular weight excluding hydrogens is 391 g/mol. The van der Waals surface area contributed by atoms with E-state index in [-0.39, 0.29) is 16.9 Å². The van der Waals surface area contributed by atoms with E-state index in [1.54, 1.807) is 42.5 Å². The minimum absolute atomic E-state index is 0.0186. The van der Waals surface area contributed by atoms with Crippen molar-refractivity contribution < 1.29 is 22.3 Å². The van der Waals surface area contributed by atoms with Gasteiger partial charge in [-0.25, -0.2) is 12.8 Å². The second-order valence-corrected chi connectivity index (χ2v) is 8.85. The fourth-order valence-corrected chi connectivity index (χ4v) is 4.82. The lowest BCUT2D eigenvalue weighted by molar-refractivity contribution is 0.0980. The number of carbonyl (C=O) groups is 1. The molecule has 3 aromatic rings. The molecule has 0 fully saturated rings. The first-order valence-electron chi connectivity index (χ1n) is 9.05. The van der Waals surface area contributed by atoms with Crippen molar-refractivity contribution >= 4 is 15.6 Å². The number of carbonyl (C=O) groups excluding carboxylic acids is 1. The molecule has 0 unspecified atom stereocenters. The average molecular weight is 412 g/mol. The van der Waals surface area contributed by atoms with Crippen molar-refractivity contribution in [1.29, 1.82) is 0 Å². The van der Waals surface area contributed by atoms with E-state index in [4.69, 9.17) is 4.74 Å². The summed E-state index contributed by atoms with van der Waals surface area (Å²) in [6, 6.07) is 18.4. The number of sulfone groups is 1. The van der Waals surface area contributed by atoms with Gasteiger partial charge < -0.3 is 4.74 Å². The zero-order valence-electron chi connectivity index (χ0n) is 16.1. The molecule has 3 rings (SSSR count). The van der Waals surface area contributed by atoms with Crippen molar-refractivity contribution in [2.45, 2.75) is 23.5 Å². The van der Waals surface area contributed by atoms with E-state index in [1.165, 1.54) is 37.4 Å². The SMILES string of the molecule is COc1ccc(C(=O)C[C@H](c2ccccc2F)S(=O)(=O)c2ccc(C)cc2)cc1. The van der Waals surface area contributed by atoms with Crippen LogP contribution in [0.2, 0.25) is 0 Å². The second kappa shape index (κ2) is 8.57. The van der Waals surface area contributed by atoms with Gasteiger partial charge in [-0.3, -0.25) is 4.79 Å². The molecule has 1 atom stereocenters. The minimum Gasteiger partial charge on any atom is -0.497 e. The third kappa shape index (κ3) is 4.54. The Morgan fingerprint density at radius 1 is 0.966 bits per heavy atom. The molecule has 0 bridgehead atoms. The highest BCUT2D eigenvalue weighted by molar-refractivity contribution is 7.91. The summed E-state index contributed by atoms with van der Waals surface area (Å²) in [6.45, 7) is 1.85. The van der Waals surface area contributed by atoms with Crippen LogP contribution in [0.25, 0.3) is 0 Å². The normalized spacial score (nSPS) is 12.4. The van der Waals surface area contributed by atoms with Gasteiger partial charge in [0.25, 0.3) is 0 Å². The van der Waals surface area contributed by atoms with E-state index in [0.29, 0.717) is 11.3 Å². The Morgan fingerprint density at radius 3 is 2.17 bits per heavy atom. The van der Waals surface area contributed by atoms with Gasteiger partial charge in [0.05, 0.1) is 12.0 Å². The van der Waals surface area contributed by atoms with E-state index in [9.17, 15) is 17.6 Å². The number of halogens is 1. The quantitative estimate of drug-likeness (QED) is 0.516. The fourth-order valence-electron chi connectivity index (χ4n) is 3.08. The van der Waals surface area contributed by atoms with Gasteiger partial charge >= 0.3 is 0 Å². The zero-order valence-corrected chi connectivity index (χ0v) is 16.9. The second-order valence-electron chi connectivity index (χ2n) is 6.72. The molecule has 0 saturated carbocycles. The van der Waals surface area contributed by atoms with Gasteiger partial charge in [-0.2, -0.15) is 0 Å². The molecule has 6 heteroatoms. The van der Waals surface area contributed by atoms with Crippen LogP contribution in [0.4, 0.5) is 4.39 Å². The van der Waals surface area contributed by atoms with Crippen molar-refractivity contribution in [3.63, 3.8) is 0 Å². The van der Waals surface area contributed by atoms with Crippen LogP contribution in [-0.4, -0.2) is 21.3 Å². The molecule has 0 radical (unpaired) electrons. The van der Waals surface area contributed by atoms with E-state index in [0.717, 1.165) is 5.56 Å². The number of ketones is 1. The lowest BCUT2D eigenvalue weighted by Gasteiger charge is -2.19. The maximum absolute atomic E-state index is 14.5. The monoisotopic (exact) mass is 412 g/mol. The summed E-state index contributed by atoms with van der Waals surface area (Å²) >= 11 is 0. The molecule has 0 heterocycles. The van der Waals surface area contributed by atoms with Crippen LogP contribution in [0.15, 0.2) is 77.7 Å². The molecule has 0 aliphatic rings. The first-order chi connectivity index (χ1) is 13.8. The third-order valence-electron chi connectivity index (χ3n) is 4.76. The minimum atomic E-state index is -3.99. The van der Waals surface area contributed by atoms with Crippen molar-refractivity contribution in [3.8, 4) is 5.75 Å². The standard InChI is InChI=1S/C23H21FO4S/c1-16-7-13-19(14-8-16)29(26,27)23(20-5-3-4-6-21(20)24)15-22(25)17-9-11-18(28-2)12-10-17/h3-14,23H,15H2,1-2H3/t23-/m1/s1. The number of Topliss-reactive ketones (excluding diaryl/α,β-unsaturated/α-hetero) is 1. The Balaban J connectivity index is 2.02. The van der Waals surface area contributed by atoms with Crippen LogP contribution in [0.5, 0.6) is 5.75 Å². The van der Waals surface area contributed by atoms with Gasteiger partial charge in [0.1, 0.15) is 16.8 Å². The average Bonchev–Trinajstić information content (AvgIpc) is 2.73. The molecule has 0 spiro atoms. The van der Waals surface area contributed by atoms with Crippen LogP contribution < -0.4 is 4.74 Å². The Morgan fingerprint density at radius 2 is 1.59 bits per heavy atom. The van der Waals surface area contributed by atoms with Crippen LogP contribution in [0.3, 0.4) is 0 Å². The highest BCUT2D eigenvalue weighted by Gasteiger charge is 2.33. The molecule has 0 aliphatic carbocycles. The Hall–Kier alpha value is -2.99. The summed E-state index contributed by atoms with van der Waals surface area (Å²) < 4.78 is 46.2. The molecule has 0 amide bonds. The summed E-state index contributed by atoms with van der Waals surface area (Å²) in [5.41, 5.74) is 1.22. The number of hydrogen-bond acceptors (Lipinski definition) is 4. The number of aryl methyl sites for hydroxylation is 1. The fraction of sp³-hybridized carbons (Fsp3) is 0.174. The Labute approximate surface area is 169 Å². The van der Waals surface area contributed by atoms with Crippen molar-refractivity contribution in [1.82, 2.24) is 0 Å². The van der Waals surface area contributed by atoms with E-state index < -0.39 is 26.7 Å². The van der Waals surface area contributed by atoms with Gasteiger partial charge in [-0.05, 0) is 49.4 Å². The molecule has 4 nitrogen and oxygen atoms in total. The summed E-state index contributed by atoms with van der Waals surface area (Å²) in [5, 5.41) is -1.33. The van der Waals surface area contributed by atoms with Gasteiger partial charge in [-0.15, -0.1) is 0 Å². The van der Waals surface area contributed by atoms with E-state index in [2.05, 4.69) is 0 Å². The summed E-state index contributed by atoms with van der Waals surface area (Å²) in [5.74, 6) is -0.466. The number of rotatable bonds is 7. The van der Waals surface area contributed by atoms with Crippen LogP contribution in [0, 0.1) is 12.7 Å². The molecule has 29 heavy (non-hydrogen) atoms. The van der Waals surface area contributed by atoms with E-state index >= 15 is 0 Å². The lowest BCUT2D eigenvalue weighted by atomic mass is 10.0. The Bertz CT molecular complexity index is 1100. The van der Waals surface area contributed by atoms with Crippen LogP contribution in [0.1, 0.15) is 33.2 Å². The smallest absolute Gasteiger partial charge is 0.185 e. The number of ether oxygens (including phenoxy) is 1. The number of hydrogen-bond donors (Lipinski definition) is 0. The summed E-state index contributed by atoms with van der Waals surface area (Å²) in [4.78, 5) is 12.9. The molecule has 0 aliphatic heterocycles. The highest BCUT2D eigenvalue weighted by atomic mass is 32.2. The largest absolute Gasteiger partial charge is 0.497 e. The lowest BCUT2D eigenvalue weighted by Crippen LogP contribution is -2.19. The summed E-state index contributed by atoms with van der Waals surface area (Å²) in [6.07, 6.45) is -0.372. The molecular formula is C23H21FO4S. The van der Waals surface area contributed by atoms with Crippen molar-refractivity contribution in [3.05, 3.63) is 95.3 Å². The predicted octanol–water partition coefficient (Wildman–Crippen LogP) is 4.93. The topological polar surface area (TPSA) is 60.4 Å². The highest BCUT2D eigenvalue weighted by Crippen LogP contribution is 2.34. The van der Waals surface area contributed by atoms with E-state index in [1.807, 2.05) is 6.92 Å². The van der Waals surface area contributed by atoms with Crippen molar-refractivity contribution in [2.24, 2.45) is 0 Å². The maximum Gasteiger partial charge on any atom is 0.185 e. The molecule has 0 aromatic heterocycles. The van der Waals surface area contributed by atoms with Gasteiger partial charge in [-0.1, -0.05) is 35.9 Å². The maximum atomic E-state index is 14.5. The number of benzene rings is 3. The zero-order chi connectivity index (χ0) is 21.0. The first kappa shape index (κ1) is 20.7. The van der Waals surface area contributed by atoms with Crippen molar-refractivity contribution in [2.75, 3.05) is 7.11 Å². The molecule has 0 saturated heterocycles. The summed E-state index contributed by atoms with van der Waals surface area (Å²) in [7, 11) is -2.48. The predicted molar refractivity (Wildman–Crippen MR) is 109 cm³/mol. The van der Waals surface area contributed by atoms with Crippen LogP contribution in [-0.2, 0) is 9.84 Å². The van der Waals surface area contributed by atoms with Gasteiger partial charge in [0, 0.05) is 17.5 Å². The van der Waals surface area contributed by atoms with Gasteiger partial charge in [0.15, 0.2) is 15.6 Å².